The Morgan fingerprint density at radius 2 is 1.35 bits per heavy atom. The van der Waals surface area contributed by atoms with Gasteiger partial charge in [0.05, 0.1) is 30.5 Å². The van der Waals surface area contributed by atoms with Gasteiger partial charge in [-0.3, -0.25) is 19.2 Å². The summed E-state index contributed by atoms with van der Waals surface area (Å²) in [5.74, 6) is 1.44. The molecular formula is C53H84N2O7. The van der Waals surface area contributed by atoms with E-state index in [-0.39, 0.29) is 86.6 Å². The monoisotopic (exact) mass is 861 g/mol. The van der Waals surface area contributed by atoms with Gasteiger partial charge >= 0.3 is 11.9 Å². The molecule has 8 rings (SSSR count). The number of carbonyl (C=O) groups excluding carboxylic acids is 4. The van der Waals surface area contributed by atoms with E-state index in [9.17, 15) is 14.4 Å². The molecule has 62 heavy (non-hydrogen) atoms. The van der Waals surface area contributed by atoms with Crippen molar-refractivity contribution in [2.75, 3.05) is 26.3 Å². The number of morpholine rings is 1. The van der Waals surface area contributed by atoms with Gasteiger partial charge in [0.1, 0.15) is 11.7 Å². The molecule has 0 aromatic heterocycles. The molecule has 8 fully saturated rings. The average molecular weight is 861 g/mol. The molecule has 8 aliphatic rings. The van der Waals surface area contributed by atoms with Crippen LogP contribution in [-0.2, 0) is 33.4 Å². The number of hydrogen-bond acceptors (Lipinski definition) is 7. The van der Waals surface area contributed by atoms with E-state index in [1.807, 2.05) is 39.5 Å². The number of rotatable bonds is 7. The molecule has 2 unspecified atom stereocenters. The highest BCUT2D eigenvalue weighted by Gasteiger charge is 2.72. The second-order valence-electron chi connectivity index (χ2n) is 25.9. The standard InChI is InChI=1S/C53H84N2O7/c1-31(2)32-17-22-53(45(59)54-39-30-34(48(39,8)9)42(56)55-25-27-60-28-26-55)24-23-51(13)33(41(32)53)15-16-38-50(12)20-19-40(49(10,11)37(50)18-21-52(38,51)14)61-43(57)35-29-36(47(35,6)7)44(58)62-46(3,4)5/h32-41H,1,15-30H2,2-14H3,(H,54,59)/t32-,33-,34+,35?,36?,37+,38-,39+,40+,41-,50+,51-,52-,53+/m1/s1. The van der Waals surface area contributed by atoms with Crippen LogP contribution in [0.15, 0.2) is 12.2 Å². The highest BCUT2D eigenvalue weighted by molar-refractivity contribution is 5.86. The van der Waals surface area contributed by atoms with Gasteiger partial charge in [0.15, 0.2) is 0 Å². The number of hydrogen-bond donors (Lipinski definition) is 1. The first kappa shape index (κ1) is 46.1. The Hall–Kier alpha value is -2.42. The molecule has 348 valence electrons. The third-order valence-corrected chi connectivity index (χ3v) is 21.2. The Bertz CT molecular complexity index is 1840. The molecule has 0 bridgehead atoms. The molecule has 2 amide bonds. The van der Waals surface area contributed by atoms with Gasteiger partial charge in [-0.1, -0.05) is 74.5 Å². The van der Waals surface area contributed by atoms with Crippen LogP contribution in [-0.4, -0.2) is 72.7 Å². The minimum absolute atomic E-state index is 0.00667. The summed E-state index contributed by atoms with van der Waals surface area (Å²) in [7, 11) is 0. The van der Waals surface area contributed by atoms with Gasteiger partial charge in [-0.15, -0.1) is 0 Å². The highest BCUT2D eigenvalue weighted by Crippen LogP contribution is 2.78. The van der Waals surface area contributed by atoms with Gasteiger partial charge in [0, 0.05) is 30.5 Å². The quantitative estimate of drug-likeness (QED) is 0.201. The van der Waals surface area contributed by atoms with Crippen LogP contribution in [0.5, 0.6) is 0 Å². The van der Waals surface area contributed by atoms with Crippen LogP contribution in [0.4, 0.5) is 0 Å². The zero-order valence-electron chi connectivity index (χ0n) is 41.1. The lowest BCUT2D eigenvalue weighted by atomic mass is 9.32. The molecule has 9 heteroatoms. The summed E-state index contributed by atoms with van der Waals surface area (Å²) in [6.45, 7) is 36.0. The van der Waals surface area contributed by atoms with Crippen LogP contribution >= 0.6 is 0 Å². The smallest absolute Gasteiger partial charge is 0.310 e. The summed E-state index contributed by atoms with van der Waals surface area (Å²) in [6.07, 6.45) is 11.5. The minimum atomic E-state index is -0.558. The van der Waals surface area contributed by atoms with Crippen molar-refractivity contribution in [1.29, 1.82) is 0 Å². The van der Waals surface area contributed by atoms with Crippen LogP contribution < -0.4 is 5.32 Å². The van der Waals surface area contributed by atoms with Crippen molar-refractivity contribution in [1.82, 2.24) is 10.2 Å². The van der Waals surface area contributed by atoms with Gasteiger partial charge in [0.25, 0.3) is 0 Å². The third-order valence-electron chi connectivity index (χ3n) is 21.2. The first-order valence-electron chi connectivity index (χ1n) is 24.9. The number of ether oxygens (including phenoxy) is 3. The van der Waals surface area contributed by atoms with E-state index >= 15 is 4.79 Å². The molecule has 0 radical (unpaired) electrons. The fourth-order valence-electron chi connectivity index (χ4n) is 16.9. The third kappa shape index (κ3) is 6.72. The number of fused-ring (bicyclic) bond motifs is 7. The topological polar surface area (TPSA) is 111 Å². The van der Waals surface area contributed by atoms with Crippen LogP contribution in [0.3, 0.4) is 0 Å². The van der Waals surface area contributed by atoms with Gasteiger partial charge in [-0.2, -0.15) is 0 Å². The van der Waals surface area contributed by atoms with E-state index in [0.29, 0.717) is 62.8 Å². The van der Waals surface area contributed by atoms with E-state index in [1.165, 1.54) is 12.0 Å². The van der Waals surface area contributed by atoms with Crippen LogP contribution in [0.2, 0.25) is 0 Å². The molecule has 0 aromatic carbocycles. The molecule has 14 atom stereocenters. The van der Waals surface area contributed by atoms with Crippen LogP contribution in [0.25, 0.3) is 0 Å². The largest absolute Gasteiger partial charge is 0.462 e. The SMILES string of the molecule is C=C(C)[C@H]1CC[C@]2(C(=O)N[C@H]3C[C@@H](C(=O)N4CCOCC4)C3(C)C)CC[C@]3(C)[C@H](CC[C@@H]4[C@@]5(C)CC[C@H](OC(=O)C6CC(C(=O)OC(C)(C)C)C6(C)C)C(C)(C)[C@@H]5CC[C@]43C)[C@@H]12. The van der Waals surface area contributed by atoms with Crippen LogP contribution in [0.1, 0.15) is 167 Å². The van der Waals surface area contributed by atoms with E-state index in [1.54, 1.807) is 0 Å². The number of nitrogens with zero attached hydrogens (tertiary/aromatic N) is 1. The molecule has 7 aliphatic carbocycles. The Morgan fingerprint density at radius 3 is 1.97 bits per heavy atom. The summed E-state index contributed by atoms with van der Waals surface area (Å²) < 4.78 is 17.8. The minimum Gasteiger partial charge on any atom is -0.462 e. The number of allylic oxidation sites excluding steroid dienone is 1. The van der Waals surface area contributed by atoms with Gasteiger partial charge in [-0.25, -0.2) is 0 Å². The molecule has 1 N–H and O–H groups in total. The number of carbonyl (C=O) groups is 4. The number of nitrogens with one attached hydrogen (secondary N) is 1. The van der Waals surface area contributed by atoms with Crippen molar-refractivity contribution in [2.45, 2.75) is 185 Å². The summed E-state index contributed by atoms with van der Waals surface area (Å²) in [5, 5.41) is 3.64. The number of esters is 2. The van der Waals surface area contributed by atoms with Gasteiger partial charge in [0.2, 0.25) is 11.8 Å². The van der Waals surface area contributed by atoms with Crippen molar-refractivity contribution >= 4 is 23.8 Å². The fraction of sp³-hybridized carbons (Fsp3) is 0.887. The second kappa shape index (κ2) is 15.1. The van der Waals surface area contributed by atoms with Crippen molar-refractivity contribution in [3.63, 3.8) is 0 Å². The predicted molar refractivity (Wildman–Crippen MR) is 241 cm³/mol. The first-order valence-corrected chi connectivity index (χ1v) is 24.9. The van der Waals surface area contributed by atoms with Crippen molar-refractivity contribution in [3.05, 3.63) is 12.2 Å². The Labute approximate surface area is 374 Å². The number of amides is 2. The Morgan fingerprint density at radius 1 is 0.694 bits per heavy atom. The van der Waals surface area contributed by atoms with Gasteiger partial charge in [-0.05, 0) is 161 Å². The zero-order chi connectivity index (χ0) is 45.4. The molecule has 7 saturated carbocycles. The molecule has 1 heterocycles. The molecule has 9 nitrogen and oxygen atoms in total. The lowest BCUT2D eigenvalue weighted by molar-refractivity contribution is -0.251. The lowest BCUT2D eigenvalue weighted by Crippen LogP contribution is -2.68. The van der Waals surface area contributed by atoms with E-state index < -0.39 is 16.4 Å². The fourth-order valence-corrected chi connectivity index (χ4v) is 16.9. The second-order valence-corrected chi connectivity index (χ2v) is 25.9. The maximum absolute atomic E-state index is 15.1. The molecule has 1 saturated heterocycles. The highest BCUT2D eigenvalue weighted by atomic mass is 16.6. The van der Waals surface area contributed by atoms with E-state index in [0.717, 1.165) is 57.8 Å². The van der Waals surface area contributed by atoms with Crippen molar-refractivity contribution in [3.8, 4) is 0 Å². The van der Waals surface area contributed by atoms with Crippen LogP contribution in [0, 0.1) is 85.2 Å². The summed E-state index contributed by atoms with van der Waals surface area (Å²) in [4.78, 5) is 57.7. The molecular weight excluding hydrogens is 777 g/mol. The van der Waals surface area contributed by atoms with Crippen molar-refractivity contribution in [2.24, 2.45) is 85.2 Å². The van der Waals surface area contributed by atoms with Gasteiger partial charge < -0.3 is 24.4 Å². The van der Waals surface area contributed by atoms with E-state index in [2.05, 4.69) is 67.3 Å². The Balaban J connectivity index is 0.975. The normalized spacial score (nSPS) is 45.0. The summed E-state index contributed by atoms with van der Waals surface area (Å²) >= 11 is 0. The molecule has 0 spiro atoms. The van der Waals surface area contributed by atoms with E-state index in [4.69, 9.17) is 14.2 Å². The summed E-state index contributed by atoms with van der Waals surface area (Å²) in [6, 6.07) is -0.00667. The van der Waals surface area contributed by atoms with Crippen molar-refractivity contribution < 1.29 is 33.4 Å². The predicted octanol–water partition coefficient (Wildman–Crippen LogP) is 9.95. The lowest BCUT2D eigenvalue weighted by Gasteiger charge is -2.73. The maximum atomic E-state index is 15.1. The zero-order valence-corrected chi connectivity index (χ0v) is 41.1. The average Bonchev–Trinajstić information content (AvgIpc) is 3.58. The molecule has 0 aromatic rings. The Kier molecular flexibility index (Phi) is 11.2. The maximum Gasteiger partial charge on any atom is 0.310 e. The summed E-state index contributed by atoms with van der Waals surface area (Å²) in [5.41, 5.74) is -0.376. The first-order chi connectivity index (χ1) is 28.7. The molecule has 1 aliphatic heterocycles.